The number of oxazole rings is 1. The summed E-state index contributed by atoms with van der Waals surface area (Å²) in [5, 5.41) is 7.65. The molecule has 1 atom stereocenters. The van der Waals surface area contributed by atoms with Gasteiger partial charge in [-0.05, 0) is 50.3 Å². The summed E-state index contributed by atoms with van der Waals surface area (Å²) in [5.74, 6) is 0.0359. The number of aromatic nitrogens is 1. The highest BCUT2D eigenvalue weighted by molar-refractivity contribution is 6.33. The van der Waals surface area contributed by atoms with E-state index >= 15 is 0 Å². The summed E-state index contributed by atoms with van der Waals surface area (Å²) in [6, 6.07) is 4.08. The van der Waals surface area contributed by atoms with Crippen molar-refractivity contribution in [2.75, 3.05) is 5.32 Å². The lowest BCUT2D eigenvalue weighted by atomic mass is 9.99. The summed E-state index contributed by atoms with van der Waals surface area (Å²) in [4.78, 5) is 3.54. The molecule has 8 heteroatoms. The van der Waals surface area contributed by atoms with E-state index in [0.717, 1.165) is 42.5 Å². The molecule has 1 unspecified atom stereocenters. The molecule has 28 heavy (non-hydrogen) atoms. The van der Waals surface area contributed by atoms with Gasteiger partial charge in [-0.1, -0.05) is 31.0 Å². The molecule has 4 nitrogen and oxygen atoms in total. The first-order chi connectivity index (χ1) is 13.1. The van der Waals surface area contributed by atoms with Gasteiger partial charge < -0.3 is 15.1 Å². The van der Waals surface area contributed by atoms with Crippen molar-refractivity contribution < 1.29 is 17.6 Å². The highest BCUT2D eigenvalue weighted by Gasteiger charge is 2.49. The Kier molecular flexibility index (Phi) is 5.96. The molecule has 1 fully saturated rings. The van der Waals surface area contributed by atoms with E-state index in [-0.39, 0.29) is 24.0 Å². The first-order valence-corrected chi connectivity index (χ1v) is 9.82. The smallest absolute Gasteiger partial charge is 0.436 e. The van der Waals surface area contributed by atoms with E-state index in [2.05, 4.69) is 28.6 Å². The van der Waals surface area contributed by atoms with E-state index in [1.165, 1.54) is 0 Å². The average molecular weight is 416 g/mol. The minimum Gasteiger partial charge on any atom is -0.447 e. The summed E-state index contributed by atoms with van der Waals surface area (Å²) in [6.07, 6.45) is -0.0825. The zero-order valence-electron chi connectivity index (χ0n) is 16.2. The molecule has 0 spiro atoms. The Labute approximate surface area is 167 Å². The molecule has 1 aromatic heterocycles. The zero-order valence-corrected chi connectivity index (χ0v) is 17.0. The van der Waals surface area contributed by atoms with Crippen LogP contribution in [0.3, 0.4) is 0 Å². The topological polar surface area (TPSA) is 50.1 Å². The number of aryl methyl sites for hydroxylation is 2. The number of benzene rings is 1. The van der Waals surface area contributed by atoms with E-state index in [0.29, 0.717) is 11.3 Å². The monoisotopic (exact) mass is 415 g/mol. The van der Waals surface area contributed by atoms with Crippen LogP contribution < -0.4 is 10.6 Å². The van der Waals surface area contributed by atoms with E-state index in [1.54, 1.807) is 0 Å². The lowest BCUT2D eigenvalue weighted by molar-refractivity contribution is -0.141. The molecule has 2 aromatic rings. The van der Waals surface area contributed by atoms with Crippen molar-refractivity contribution in [1.29, 1.82) is 0 Å². The van der Waals surface area contributed by atoms with Gasteiger partial charge in [0.1, 0.15) is 6.26 Å². The van der Waals surface area contributed by atoms with Crippen molar-refractivity contribution in [2.45, 2.75) is 70.8 Å². The molecule has 0 bridgehead atoms. The highest BCUT2D eigenvalue weighted by atomic mass is 35.5. The number of anilines is 1. The third kappa shape index (κ3) is 4.63. The Bertz CT molecular complexity index is 807. The van der Waals surface area contributed by atoms with Gasteiger partial charge in [0.25, 0.3) is 0 Å². The molecular formula is C20H25ClF3N3O. The SMILES string of the molecule is CCCC(NCc1nc(C(F)(F)F)co1)C1(Nc2c(C)cc(C)cc2Cl)CC1. The molecule has 1 aromatic carbocycles. The quantitative estimate of drug-likeness (QED) is 0.566. The summed E-state index contributed by atoms with van der Waals surface area (Å²) < 4.78 is 43.1. The molecule has 0 amide bonds. The maximum atomic E-state index is 12.7. The number of nitrogens with one attached hydrogen (secondary N) is 2. The molecule has 0 radical (unpaired) electrons. The maximum Gasteiger partial charge on any atom is 0.436 e. The highest BCUT2D eigenvalue weighted by Crippen LogP contribution is 2.45. The van der Waals surface area contributed by atoms with Gasteiger partial charge in [0.15, 0.2) is 5.69 Å². The van der Waals surface area contributed by atoms with E-state index in [9.17, 15) is 13.2 Å². The normalized spacial score (nSPS) is 16.8. The summed E-state index contributed by atoms with van der Waals surface area (Å²) >= 11 is 6.45. The van der Waals surface area contributed by atoms with Crippen LogP contribution in [-0.2, 0) is 12.7 Å². The fourth-order valence-electron chi connectivity index (χ4n) is 3.61. The molecule has 1 aliphatic rings. The van der Waals surface area contributed by atoms with Gasteiger partial charge in [-0.25, -0.2) is 4.98 Å². The van der Waals surface area contributed by atoms with Crippen LogP contribution in [0.2, 0.25) is 5.02 Å². The zero-order chi connectivity index (χ0) is 20.5. The van der Waals surface area contributed by atoms with Gasteiger partial charge in [-0.15, -0.1) is 0 Å². The third-order valence-corrected chi connectivity index (χ3v) is 5.48. The van der Waals surface area contributed by atoms with Gasteiger partial charge in [0, 0.05) is 6.04 Å². The van der Waals surface area contributed by atoms with Crippen LogP contribution in [0.5, 0.6) is 0 Å². The van der Waals surface area contributed by atoms with Crippen LogP contribution in [-0.4, -0.2) is 16.6 Å². The predicted molar refractivity (Wildman–Crippen MR) is 104 cm³/mol. The Morgan fingerprint density at radius 3 is 2.54 bits per heavy atom. The molecule has 1 aliphatic carbocycles. The first-order valence-electron chi connectivity index (χ1n) is 9.44. The van der Waals surface area contributed by atoms with Gasteiger partial charge in [0.05, 0.1) is 22.8 Å². The standard InChI is InChI=1S/C20H25ClF3N3O/c1-4-5-15(25-10-17-26-16(11-28-17)20(22,23)24)19(6-7-19)27-18-13(3)8-12(2)9-14(18)21/h8-9,11,15,25,27H,4-7,10H2,1-3H3. The average Bonchev–Trinajstić information content (AvgIpc) is 3.20. The van der Waals surface area contributed by atoms with Crippen molar-refractivity contribution in [3.63, 3.8) is 0 Å². The summed E-state index contributed by atoms with van der Waals surface area (Å²) in [7, 11) is 0. The molecular weight excluding hydrogens is 391 g/mol. The molecule has 154 valence electrons. The summed E-state index contributed by atoms with van der Waals surface area (Å²) in [6.45, 7) is 6.25. The van der Waals surface area contributed by atoms with Crippen LogP contribution >= 0.6 is 11.6 Å². The maximum absolute atomic E-state index is 12.7. The molecule has 0 aliphatic heterocycles. The third-order valence-electron chi connectivity index (χ3n) is 5.18. The van der Waals surface area contributed by atoms with Gasteiger partial charge in [-0.2, -0.15) is 13.2 Å². The Morgan fingerprint density at radius 1 is 1.29 bits per heavy atom. The van der Waals surface area contributed by atoms with Crippen molar-refractivity contribution >= 4 is 17.3 Å². The van der Waals surface area contributed by atoms with Crippen LogP contribution in [0.4, 0.5) is 18.9 Å². The van der Waals surface area contributed by atoms with Gasteiger partial charge in [-0.3, -0.25) is 0 Å². The lowest BCUT2D eigenvalue weighted by Gasteiger charge is -2.31. The second-order valence-electron chi connectivity index (χ2n) is 7.57. The lowest BCUT2D eigenvalue weighted by Crippen LogP contribution is -2.46. The molecule has 0 saturated heterocycles. The molecule has 1 heterocycles. The van der Waals surface area contributed by atoms with Crippen molar-refractivity contribution in [3.05, 3.63) is 46.1 Å². The Morgan fingerprint density at radius 2 is 2.00 bits per heavy atom. The number of alkyl halides is 3. The van der Waals surface area contributed by atoms with Crippen LogP contribution in [0.25, 0.3) is 0 Å². The van der Waals surface area contributed by atoms with E-state index < -0.39 is 11.9 Å². The predicted octanol–water partition coefficient (Wildman–Crippen LogP) is 5.87. The summed E-state index contributed by atoms with van der Waals surface area (Å²) in [5.41, 5.74) is 1.93. The minimum absolute atomic E-state index is 0.0359. The van der Waals surface area contributed by atoms with Gasteiger partial charge in [0.2, 0.25) is 5.89 Å². The second kappa shape index (κ2) is 7.95. The Hall–Kier alpha value is -1.73. The number of nitrogens with zero attached hydrogens (tertiary/aromatic N) is 1. The van der Waals surface area contributed by atoms with Crippen molar-refractivity contribution in [2.24, 2.45) is 0 Å². The minimum atomic E-state index is -4.50. The van der Waals surface area contributed by atoms with E-state index in [1.807, 2.05) is 19.9 Å². The fraction of sp³-hybridized carbons (Fsp3) is 0.550. The largest absolute Gasteiger partial charge is 0.447 e. The van der Waals surface area contributed by atoms with Crippen LogP contribution in [0.1, 0.15) is 55.3 Å². The Balaban J connectivity index is 1.72. The second-order valence-corrected chi connectivity index (χ2v) is 7.97. The van der Waals surface area contributed by atoms with E-state index in [4.69, 9.17) is 16.0 Å². The van der Waals surface area contributed by atoms with Crippen LogP contribution in [0, 0.1) is 13.8 Å². The van der Waals surface area contributed by atoms with Gasteiger partial charge >= 0.3 is 6.18 Å². The number of halogens is 4. The first kappa shape index (κ1) is 21.0. The fourth-order valence-corrected chi connectivity index (χ4v) is 3.98. The van der Waals surface area contributed by atoms with Crippen molar-refractivity contribution in [3.8, 4) is 0 Å². The van der Waals surface area contributed by atoms with Crippen molar-refractivity contribution in [1.82, 2.24) is 10.3 Å². The number of hydrogen-bond acceptors (Lipinski definition) is 4. The van der Waals surface area contributed by atoms with Crippen LogP contribution in [0.15, 0.2) is 22.8 Å². The number of rotatable bonds is 8. The molecule has 1 saturated carbocycles. The molecule has 3 rings (SSSR count). The number of hydrogen-bond donors (Lipinski definition) is 2. The molecule has 2 N–H and O–H groups in total.